The van der Waals surface area contributed by atoms with Crippen molar-refractivity contribution in [2.24, 2.45) is 0 Å². The van der Waals surface area contributed by atoms with Crippen molar-refractivity contribution < 1.29 is 13.2 Å². The Balaban J connectivity index is 2.34. The number of benzene rings is 1. The van der Waals surface area contributed by atoms with Gasteiger partial charge in [-0.15, -0.1) is 0 Å². The third-order valence-electron chi connectivity index (χ3n) is 3.94. The lowest BCUT2D eigenvalue weighted by Crippen LogP contribution is -2.09. The minimum atomic E-state index is -4.34. The van der Waals surface area contributed by atoms with E-state index in [1.165, 1.54) is 12.1 Å². The van der Waals surface area contributed by atoms with Crippen LogP contribution in [0.25, 0.3) is 0 Å². The fraction of sp³-hybridized carbons (Fsp3) is 0.286. The third-order valence-corrected chi connectivity index (χ3v) is 3.94. The molecule has 1 aromatic heterocycles. The summed E-state index contributed by atoms with van der Waals surface area (Å²) < 4.78 is 39.2. The second kappa shape index (κ2) is 8.65. The van der Waals surface area contributed by atoms with Gasteiger partial charge in [0.25, 0.3) is 0 Å². The van der Waals surface area contributed by atoms with Crippen LogP contribution in [0.5, 0.6) is 0 Å². The van der Waals surface area contributed by atoms with Gasteiger partial charge in [0.2, 0.25) is 0 Å². The molecule has 0 saturated heterocycles. The zero-order valence-electron chi connectivity index (χ0n) is 14.4. The molecular weight excluding hydrogens is 323 g/mol. The highest BCUT2D eigenvalue weighted by Gasteiger charge is 2.31. The van der Waals surface area contributed by atoms with Crippen LogP contribution < -0.4 is 0 Å². The van der Waals surface area contributed by atoms with Gasteiger partial charge in [-0.05, 0) is 50.5 Å². The van der Waals surface area contributed by atoms with E-state index in [1.807, 2.05) is 56.4 Å². The molecule has 1 nitrogen and oxygen atoms in total. The maximum absolute atomic E-state index is 13.1. The summed E-state index contributed by atoms with van der Waals surface area (Å²) in [6.07, 6.45) is 4.97. The number of allylic oxidation sites excluding steroid dienone is 4. The maximum Gasteiger partial charge on any atom is 0.416 e. The summed E-state index contributed by atoms with van der Waals surface area (Å²) >= 11 is 0. The molecule has 1 aromatic carbocycles. The van der Waals surface area contributed by atoms with Gasteiger partial charge in [0, 0.05) is 17.3 Å². The number of aryl methyl sites for hydroxylation is 1. The highest BCUT2D eigenvalue weighted by molar-refractivity contribution is 5.34. The van der Waals surface area contributed by atoms with Gasteiger partial charge >= 0.3 is 6.18 Å². The summed E-state index contributed by atoms with van der Waals surface area (Å²) in [6.45, 7) is 3.82. The molecule has 0 saturated carbocycles. The van der Waals surface area contributed by atoms with Gasteiger partial charge in [-0.25, -0.2) is 0 Å². The van der Waals surface area contributed by atoms with Gasteiger partial charge < -0.3 is 0 Å². The highest BCUT2D eigenvalue weighted by Crippen LogP contribution is 2.34. The molecule has 1 heterocycles. The molecule has 0 aliphatic heterocycles. The smallest absolute Gasteiger partial charge is 0.258 e. The predicted octanol–water partition coefficient (Wildman–Crippen LogP) is 6.45. The molecule has 25 heavy (non-hydrogen) atoms. The second-order valence-corrected chi connectivity index (χ2v) is 5.91. The molecule has 0 aliphatic rings. The van der Waals surface area contributed by atoms with Crippen molar-refractivity contribution in [3.63, 3.8) is 0 Å². The summed E-state index contributed by atoms with van der Waals surface area (Å²) in [5, 5.41) is 0. The molecule has 0 N–H and O–H groups in total. The van der Waals surface area contributed by atoms with Crippen LogP contribution in [0.4, 0.5) is 13.2 Å². The van der Waals surface area contributed by atoms with Gasteiger partial charge in [0.1, 0.15) is 0 Å². The van der Waals surface area contributed by atoms with E-state index in [4.69, 9.17) is 0 Å². The Kier molecular flexibility index (Phi) is 6.57. The lowest BCUT2D eigenvalue weighted by Gasteiger charge is -2.18. The van der Waals surface area contributed by atoms with Crippen LogP contribution >= 0.6 is 0 Å². The topological polar surface area (TPSA) is 12.9 Å². The van der Waals surface area contributed by atoms with Gasteiger partial charge in [-0.3, -0.25) is 4.98 Å². The van der Waals surface area contributed by atoms with Crippen molar-refractivity contribution in [1.29, 1.82) is 0 Å². The molecule has 1 atom stereocenters. The summed E-state index contributed by atoms with van der Waals surface area (Å²) in [5.74, 6) is -0.169. The Bertz CT molecular complexity index is 745. The van der Waals surface area contributed by atoms with Crippen LogP contribution in [-0.4, -0.2) is 4.98 Å². The van der Waals surface area contributed by atoms with E-state index in [-0.39, 0.29) is 5.92 Å². The molecule has 0 bridgehead atoms. The van der Waals surface area contributed by atoms with Gasteiger partial charge in [-0.2, -0.15) is 13.2 Å². The summed E-state index contributed by atoms with van der Waals surface area (Å²) in [4.78, 5) is 4.54. The Morgan fingerprint density at radius 3 is 2.52 bits per heavy atom. The van der Waals surface area contributed by atoms with Crippen LogP contribution in [0.2, 0.25) is 0 Å². The molecule has 4 heteroatoms. The molecule has 0 amide bonds. The molecule has 2 rings (SSSR count). The Labute approximate surface area is 146 Å². The number of halogens is 3. The van der Waals surface area contributed by atoms with Crippen LogP contribution in [0.1, 0.15) is 48.2 Å². The molecule has 0 spiro atoms. The number of aromatic nitrogens is 1. The standard InChI is InChI=1S/C21H22F3N/c1-3-4-5-6-7-13-19(20-14-8-10-16(2)25-20)17-11-9-12-18(15-17)21(22,23)24/h3-6,8-12,14-15,19H,7,13H2,1-2H3/b4-3-,6-5-. The lowest BCUT2D eigenvalue weighted by atomic mass is 9.89. The predicted molar refractivity (Wildman–Crippen MR) is 95.4 cm³/mol. The van der Waals surface area contributed by atoms with Crippen molar-refractivity contribution in [2.75, 3.05) is 0 Å². The molecular formula is C21H22F3N. The van der Waals surface area contributed by atoms with E-state index < -0.39 is 11.7 Å². The zero-order chi connectivity index (χ0) is 18.3. The summed E-state index contributed by atoms with van der Waals surface area (Å²) in [6, 6.07) is 11.2. The van der Waals surface area contributed by atoms with Crippen molar-refractivity contribution in [3.05, 3.63) is 89.3 Å². The van der Waals surface area contributed by atoms with Crippen LogP contribution in [-0.2, 0) is 6.18 Å². The molecule has 0 fully saturated rings. The largest absolute Gasteiger partial charge is 0.416 e. The first-order valence-electron chi connectivity index (χ1n) is 8.30. The van der Waals surface area contributed by atoms with Gasteiger partial charge in [-0.1, -0.05) is 48.6 Å². The van der Waals surface area contributed by atoms with Crippen LogP contribution in [0, 0.1) is 6.92 Å². The fourth-order valence-corrected chi connectivity index (χ4v) is 2.72. The van der Waals surface area contributed by atoms with E-state index in [0.29, 0.717) is 12.0 Å². The molecule has 2 aromatic rings. The van der Waals surface area contributed by atoms with Crippen molar-refractivity contribution in [2.45, 2.75) is 38.8 Å². The average Bonchev–Trinajstić information content (AvgIpc) is 2.57. The number of alkyl halides is 3. The quantitative estimate of drug-likeness (QED) is 0.548. The first-order chi connectivity index (χ1) is 11.9. The van der Waals surface area contributed by atoms with Crippen LogP contribution in [0.15, 0.2) is 66.8 Å². The third kappa shape index (κ3) is 5.59. The van der Waals surface area contributed by atoms with Crippen molar-refractivity contribution in [3.8, 4) is 0 Å². The first-order valence-corrected chi connectivity index (χ1v) is 8.30. The minimum absolute atomic E-state index is 0.169. The zero-order valence-corrected chi connectivity index (χ0v) is 14.4. The number of hydrogen-bond donors (Lipinski definition) is 0. The number of nitrogens with zero attached hydrogens (tertiary/aromatic N) is 1. The Morgan fingerprint density at radius 2 is 1.84 bits per heavy atom. The average molecular weight is 345 g/mol. The fourth-order valence-electron chi connectivity index (χ4n) is 2.72. The van der Waals surface area contributed by atoms with Gasteiger partial charge in [0.05, 0.1) is 5.56 Å². The Morgan fingerprint density at radius 1 is 1.08 bits per heavy atom. The van der Waals surface area contributed by atoms with Crippen molar-refractivity contribution in [1.82, 2.24) is 4.98 Å². The second-order valence-electron chi connectivity index (χ2n) is 5.91. The number of hydrogen-bond acceptors (Lipinski definition) is 1. The normalized spacial score (nSPS) is 13.6. The maximum atomic E-state index is 13.1. The highest BCUT2D eigenvalue weighted by atomic mass is 19.4. The van der Waals surface area contributed by atoms with Crippen LogP contribution in [0.3, 0.4) is 0 Å². The van der Waals surface area contributed by atoms with E-state index in [1.54, 1.807) is 6.07 Å². The monoisotopic (exact) mass is 345 g/mol. The van der Waals surface area contributed by atoms with Gasteiger partial charge in [0.15, 0.2) is 0 Å². The number of pyridine rings is 1. The molecule has 0 aliphatic carbocycles. The van der Waals surface area contributed by atoms with Crippen molar-refractivity contribution >= 4 is 0 Å². The molecule has 0 radical (unpaired) electrons. The van der Waals surface area contributed by atoms with E-state index in [0.717, 1.165) is 23.9 Å². The van der Waals surface area contributed by atoms with E-state index in [9.17, 15) is 13.2 Å². The molecule has 1 unspecified atom stereocenters. The lowest BCUT2D eigenvalue weighted by molar-refractivity contribution is -0.137. The molecule has 132 valence electrons. The van der Waals surface area contributed by atoms with E-state index in [2.05, 4.69) is 4.98 Å². The van der Waals surface area contributed by atoms with E-state index >= 15 is 0 Å². The number of rotatable bonds is 6. The Hall–Kier alpha value is -2.36. The SMILES string of the molecule is C/C=C\C=C/CCC(c1cccc(C(F)(F)F)c1)c1cccc(C)n1. The summed E-state index contributed by atoms with van der Waals surface area (Å²) in [7, 11) is 0. The first kappa shape index (κ1) is 19.0. The summed E-state index contributed by atoms with van der Waals surface area (Å²) in [5.41, 5.74) is 1.69. The minimum Gasteiger partial charge on any atom is -0.258 e.